The Morgan fingerprint density at radius 3 is 2.71 bits per heavy atom. The lowest BCUT2D eigenvalue weighted by atomic mass is 11.2. The minimum absolute atomic E-state index is 0.0602. The molecular weight excluding hydrogens is 148 g/mol. The van der Waals surface area contributed by atoms with Crippen molar-refractivity contribution in [2.45, 2.75) is 4.71 Å². The first kappa shape index (κ1) is 5.65. The Bertz CT molecular complexity index is 101. The van der Waals surface area contributed by atoms with Crippen LogP contribution in [0.4, 0.5) is 0 Å². The summed E-state index contributed by atoms with van der Waals surface area (Å²) in [6.45, 7) is 0. The standard InChI is InChI=1S/C2H4N2S3/c3-1-4-2(5)7-6-1/h2,5H,(H2,3,4). The van der Waals surface area contributed by atoms with Crippen molar-refractivity contribution in [1.82, 2.24) is 0 Å². The van der Waals surface area contributed by atoms with Crippen LogP contribution in [0.1, 0.15) is 0 Å². The molecule has 0 amide bonds. The molecule has 0 aromatic carbocycles. The Hall–Kier alpha value is 0.520. The van der Waals surface area contributed by atoms with Gasteiger partial charge in [0.25, 0.3) is 0 Å². The van der Waals surface area contributed by atoms with Crippen molar-refractivity contribution >= 4 is 39.4 Å². The second-order valence-corrected chi connectivity index (χ2v) is 4.11. The minimum atomic E-state index is 0.0602. The average molecular weight is 152 g/mol. The maximum atomic E-state index is 5.27. The molecule has 0 aromatic rings. The summed E-state index contributed by atoms with van der Waals surface area (Å²) >= 11 is 4.03. The van der Waals surface area contributed by atoms with E-state index in [0.717, 1.165) is 0 Å². The molecule has 1 unspecified atom stereocenters. The van der Waals surface area contributed by atoms with Crippen LogP contribution in [0.2, 0.25) is 0 Å². The smallest absolute Gasteiger partial charge is 0.166 e. The summed E-state index contributed by atoms with van der Waals surface area (Å²) in [6.07, 6.45) is 0. The topological polar surface area (TPSA) is 38.4 Å². The van der Waals surface area contributed by atoms with E-state index in [0.29, 0.717) is 5.17 Å². The van der Waals surface area contributed by atoms with Gasteiger partial charge >= 0.3 is 0 Å². The highest BCUT2D eigenvalue weighted by molar-refractivity contribution is 8.84. The van der Waals surface area contributed by atoms with Gasteiger partial charge in [0.2, 0.25) is 0 Å². The normalized spacial score (nSPS) is 30.4. The van der Waals surface area contributed by atoms with Gasteiger partial charge in [-0.15, -0.1) is 12.6 Å². The van der Waals surface area contributed by atoms with E-state index >= 15 is 0 Å². The zero-order valence-electron chi connectivity index (χ0n) is 3.37. The molecular formula is C2H4N2S3. The maximum absolute atomic E-state index is 5.27. The summed E-state index contributed by atoms with van der Waals surface area (Å²) < 4.78 is 0.0602. The molecule has 2 nitrogen and oxygen atoms in total. The van der Waals surface area contributed by atoms with Crippen molar-refractivity contribution in [1.29, 1.82) is 0 Å². The van der Waals surface area contributed by atoms with Crippen LogP contribution in [-0.2, 0) is 0 Å². The summed E-state index contributed by atoms with van der Waals surface area (Å²) in [6, 6.07) is 0. The summed E-state index contributed by atoms with van der Waals surface area (Å²) in [7, 11) is 3.03. The van der Waals surface area contributed by atoms with Crippen molar-refractivity contribution in [3.8, 4) is 0 Å². The van der Waals surface area contributed by atoms with Gasteiger partial charge in [0.05, 0.1) is 0 Å². The van der Waals surface area contributed by atoms with Gasteiger partial charge in [0, 0.05) is 0 Å². The number of amidine groups is 1. The van der Waals surface area contributed by atoms with Crippen LogP contribution in [0.25, 0.3) is 0 Å². The van der Waals surface area contributed by atoms with Gasteiger partial charge in [0.1, 0.15) is 0 Å². The Labute approximate surface area is 55.1 Å². The molecule has 1 aliphatic heterocycles. The van der Waals surface area contributed by atoms with Crippen LogP contribution in [0, 0.1) is 0 Å². The van der Waals surface area contributed by atoms with E-state index in [1.165, 1.54) is 10.8 Å². The summed E-state index contributed by atoms with van der Waals surface area (Å²) in [5, 5.41) is 0.630. The number of nitrogens with zero attached hydrogens (tertiary/aromatic N) is 1. The summed E-state index contributed by atoms with van der Waals surface area (Å²) in [5.74, 6) is 0. The molecule has 0 spiro atoms. The fraction of sp³-hybridized carbons (Fsp3) is 0.500. The van der Waals surface area contributed by atoms with E-state index in [-0.39, 0.29) is 4.71 Å². The lowest BCUT2D eigenvalue weighted by molar-refractivity contribution is 1.32. The summed E-state index contributed by atoms with van der Waals surface area (Å²) in [4.78, 5) is 3.87. The fourth-order valence-electron chi connectivity index (χ4n) is 0.244. The number of nitrogens with two attached hydrogens (primary N) is 1. The lowest BCUT2D eigenvalue weighted by Crippen LogP contribution is -2.01. The molecule has 1 rings (SSSR count). The number of hydrogen-bond donors (Lipinski definition) is 2. The molecule has 40 valence electrons. The van der Waals surface area contributed by atoms with Crippen LogP contribution in [0.3, 0.4) is 0 Å². The molecule has 0 fully saturated rings. The van der Waals surface area contributed by atoms with E-state index in [4.69, 9.17) is 5.73 Å². The highest BCUT2D eigenvalue weighted by Gasteiger charge is 2.10. The SMILES string of the molecule is NC1=NC(S)SS1. The van der Waals surface area contributed by atoms with Crippen molar-refractivity contribution in [2.75, 3.05) is 0 Å². The Morgan fingerprint density at radius 2 is 2.57 bits per heavy atom. The third-order valence-corrected chi connectivity index (χ3v) is 3.31. The zero-order chi connectivity index (χ0) is 5.28. The van der Waals surface area contributed by atoms with Gasteiger partial charge in [-0.05, 0) is 21.6 Å². The molecule has 1 aliphatic rings. The van der Waals surface area contributed by atoms with Crippen molar-refractivity contribution in [2.24, 2.45) is 10.7 Å². The van der Waals surface area contributed by atoms with Gasteiger partial charge in [-0.3, -0.25) is 0 Å². The molecule has 0 saturated carbocycles. The largest absolute Gasteiger partial charge is 0.378 e. The van der Waals surface area contributed by atoms with Crippen molar-refractivity contribution in [3.05, 3.63) is 0 Å². The first-order valence-corrected chi connectivity index (χ1v) is 4.36. The van der Waals surface area contributed by atoms with E-state index in [1.807, 2.05) is 0 Å². The van der Waals surface area contributed by atoms with E-state index in [1.54, 1.807) is 10.8 Å². The first-order valence-electron chi connectivity index (χ1n) is 1.64. The molecule has 2 N–H and O–H groups in total. The Morgan fingerprint density at radius 1 is 1.86 bits per heavy atom. The van der Waals surface area contributed by atoms with Gasteiger partial charge in [-0.2, -0.15) is 0 Å². The molecule has 1 heterocycles. The third-order valence-electron chi connectivity index (χ3n) is 0.457. The lowest BCUT2D eigenvalue weighted by Gasteiger charge is -1.85. The zero-order valence-corrected chi connectivity index (χ0v) is 5.89. The average Bonchev–Trinajstić information content (AvgIpc) is 1.87. The van der Waals surface area contributed by atoms with E-state index < -0.39 is 0 Å². The Balaban J connectivity index is 2.50. The quantitative estimate of drug-likeness (QED) is 0.400. The molecule has 0 radical (unpaired) electrons. The minimum Gasteiger partial charge on any atom is -0.378 e. The van der Waals surface area contributed by atoms with Crippen LogP contribution >= 0.6 is 34.2 Å². The molecule has 7 heavy (non-hydrogen) atoms. The molecule has 0 aromatic heterocycles. The number of aliphatic imine (C=N–C) groups is 1. The highest BCUT2D eigenvalue weighted by Crippen LogP contribution is 2.35. The molecule has 1 atom stereocenters. The van der Waals surface area contributed by atoms with Gasteiger partial charge in [-0.25, -0.2) is 4.99 Å². The van der Waals surface area contributed by atoms with Crippen LogP contribution in [-0.4, -0.2) is 9.87 Å². The van der Waals surface area contributed by atoms with E-state index in [9.17, 15) is 0 Å². The van der Waals surface area contributed by atoms with Gasteiger partial charge < -0.3 is 5.73 Å². The monoisotopic (exact) mass is 152 g/mol. The molecule has 0 bridgehead atoms. The number of hydrogen-bond acceptors (Lipinski definition) is 5. The molecule has 0 aliphatic carbocycles. The van der Waals surface area contributed by atoms with Crippen LogP contribution < -0.4 is 5.73 Å². The van der Waals surface area contributed by atoms with Gasteiger partial charge in [0.15, 0.2) is 9.87 Å². The van der Waals surface area contributed by atoms with E-state index in [2.05, 4.69) is 17.6 Å². The molecule has 0 saturated heterocycles. The number of rotatable bonds is 0. The first-order chi connectivity index (χ1) is 3.29. The molecule has 5 heteroatoms. The maximum Gasteiger partial charge on any atom is 0.166 e. The van der Waals surface area contributed by atoms with Crippen LogP contribution in [0.15, 0.2) is 4.99 Å². The van der Waals surface area contributed by atoms with Crippen molar-refractivity contribution in [3.63, 3.8) is 0 Å². The highest BCUT2D eigenvalue weighted by atomic mass is 33.1. The fourth-order valence-corrected chi connectivity index (χ4v) is 2.20. The summed E-state index contributed by atoms with van der Waals surface area (Å²) in [5.41, 5.74) is 5.27. The number of thiol groups is 1. The second-order valence-electron chi connectivity index (χ2n) is 0.973. The van der Waals surface area contributed by atoms with Crippen molar-refractivity contribution < 1.29 is 0 Å². The second kappa shape index (κ2) is 2.19. The predicted octanol–water partition coefficient (Wildman–Crippen LogP) is 0.909. The third kappa shape index (κ3) is 1.47. The predicted molar refractivity (Wildman–Crippen MR) is 39.6 cm³/mol. The Kier molecular flexibility index (Phi) is 1.77. The van der Waals surface area contributed by atoms with Gasteiger partial charge in [-0.1, -0.05) is 0 Å². The van der Waals surface area contributed by atoms with Crippen LogP contribution in [0.5, 0.6) is 0 Å².